The summed E-state index contributed by atoms with van der Waals surface area (Å²) in [5.41, 5.74) is 3.54. The number of anilines is 1. The minimum absolute atomic E-state index is 0.558. The summed E-state index contributed by atoms with van der Waals surface area (Å²) in [6.45, 7) is 2.97. The summed E-state index contributed by atoms with van der Waals surface area (Å²) in [4.78, 5) is 0. The Hall–Kier alpha value is -1.43. The van der Waals surface area contributed by atoms with Crippen molar-refractivity contribution in [2.45, 2.75) is 19.1 Å². The predicted octanol–water partition coefficient (Wildman–Crippen LogP) is 5.27. The second kappa shape index (κ2) is 10.5. The van der Waals surface area contributed by atoms with E-state index in [1.807, 2.05) is 23.9 Å². The normalized spacial score (nSPS) is 10.4. The molecule has 0 radical (unpaired) electrons. The van der Waals surface area contributed by atoms with Crippen LogP contribution in [0.5, 0.6) is 5.75 Å². The van der Waals surface area contributed by atoms with Crippen LogP contribution in [0.2, 0.25) is 5.02 Å². The van der Waals surface area contributed by atoms with Crippen LogP contribution in [0.15, 0.2) is 42.5 Å². The number of aryl methyl sites for hydroxylation is 1. The van der Waals surface area contributed by atoms with Gasteiger partial charge in [-0.15, -0.1) is 0 Å². The zero-order valence-corrected chi connectivity index (χ0v) is 16.9. The number of nitrogens with one attached hydrogen (secondary N) is 2. The molecule has 2 aromatic rings. The Balaban J connectivity index is 1.61. The van der Waals surface area contributed by atoms with Gasteiger partial charge in [0.1, 0.15) is 5.75 Å². The first-order chi connectivity index (χ1) is 12.1. The molecule has 0 saturated heterocycles. The predicted molar refractivity (Wildman–Crippen MR) is 114 cm³/mol. The fraction of sp³-hybridized carbons (Fsp3) is 0.316. The van der Waals surface area contributed by atoms with Gasteiger partial charge in [0.25, 0.3) is 0 Å². The van der Waals surface area contributed by atoms with E-state index in [-0.39, 0.29) is 0 Å². The van der Waals surface area contributed by atoms with Crippen LogP contribution in [0.25, 0.3) is 0 Å². The number of thioether (sulfide) groups is 1. The molecule has 0 saturated carbocycles. The standard InChI is InChI=1S/C19H23ClN2OS2/c1-14-5-3-6-15(11-14)13-25-10-4-9-21-19(24)22-16-7-8-18(23-2)17(20)12-16/h3,5-8,11-12H,4,9-10,13H2,1-2H3,(H2,21,22,24). The third-order valence-electron chi connectivity index (χ3n) is 3.51. The van der Waals surface area contributed by atoms with Gasteiger partial charge in [0.2, 0.25) is 0 Å². The number of ether oxygens (including phenoxy) is 1. The Morgan fingerprint density at radius 1 is 1.24 bits per heavy atom. The van der Waals surface area contributed by atoms with Crippen molar-refractivity contribution in [2.75, 3.05) is 24.7 Å². The summed E-state index contributed by atoms with van der Waals surface area (Å²) < 4.78 is 5.14. The van der Waals surface area contributed by atoms with Gasteiger partial charge < -0.3 is 15.4 Å². The second-order valence-corrected chi connectivity index (χ2v) is 7.55. The molecule has 0 aliphatic carbocycles. The van der Waals surface area contributed by atoms with Crippen LogP contribution < -0.4 is 15.4 Å². The van der Waals surface area contributed by atoms with E-state index in [2.05, 4.69) is 41.8 Å². The lowest BCUT2D eigenvalue weighted by Crippen LogP contribution is -2.29. The maximum atomic E-state index is 6.10. The van der Waals surface area contributed by atoms with Crippen molar-refractivity contribution < 1.29 is 4.74 Å². The van der Waals surface area contributed by atoms with Crippen molar-refractivity contribution in [3.63, 3.8) is 0 Å². The molecular weight excluding hydrogens is 372 g/mol. The first kappa shape index (κ1) is 19.9. The highest BCUT2D eigenvalue weighted by Crippen LogP contribution is 2.27. The first-order valence-corrected chi connectivity index (χ1v) is 10.0. The smallest absolute Gasteiger partial charge is 0.170 e. The van der Waals surface area contributed by atoms with Crippen molar-refractivity contribution in [3.05, 3.63) is 58.6 Å². The molecule has 2 rings (SSSR count). The van der Waals surface area contributed by atoms with Gasteiger partial charge in [0, 0.05) is 18.0 Å². The molecule has 2 aromatic carbocycles. The number of hydrogen-bond acceptors (Lipinski definition) is 3. The molecule has 134 valence electrons. The number of benzene rings is 2. The van der Waals surface area contributed by atoms with Gasteiger partial charge in [-0.3, -0.25) is 0 Å². The lowest BCUT2D eigenvalue weighted by molar-refractivity contribution is 0.415. The quantitative estimate of drug-likeness (QED) is 0.471. The number of hydrogen-bond donors (Lipinski definition) is 2. The minimum Gasteiger partial charge on any atom is -0.495 e. The minimum atomic E-state index is 0.558. The largest absolute Gasteiger partial charge is 0.495 e. The van der Waals surface area contributed by atoms with E-state index >= 15 is 0 Å². The highest BCUT2D eigenvalue weighted by atomic mass is 35.5. The molecule has 0 unspecified atom stereocenters. The summed E-state index contributed by atoms with van der Waals surface area (Å²) in [6, 6.07) is 14.2. The van der Waals surface area contributed by atoms with Crippen LogP contribution in [-0.2, 0) is 5.75 Å². The Labute approximate surface area is 164 Å². The van der Waals surface area contributed by atoms with E-state index < -0.39 is 0 Å². The lowest BCUT2D eigenvalue weighted by atomic mass is 10.2. The van der Waals surface area contributed by atoms with Gasteiger partial charge in [0.15, 0.2) is 5.11 Å². The van der Waals surface area contributed by atoms with E-state index in [9.17, 15) is 0 Å². The lowest BCUT2D eigenvalue weighted by Gasteiger charge is -2.11. The van der Waals surface area contributed by atoms with Crippen LogP contribution in [0.3, 0.4) is 0 Å². The zero-order chi connectivity index (χ0) is 18.1. The average molecular weight is 395 g/mol. The van der Waals surface area contributed by atoms with Gasteiger partial charge >= 0.3 is 0 Å². The fourth-order valence-corrected chi connectivity index (χ4v) is 3.67. The Morgan fingerprint density at radius 3 is 2.80 bits per heavy atom. The van der Waals surface area contributed by atoms with Gasteiger partial charge in [-0.05, 0) is 55.1 Å². The SMILES string of the molecule is COc1ccc(NC(=S)NCCCSCc2cccc(C)c2)cc1Cl. The first-order valence-electron chi connectivity index (χ1n) is 8.10. The molecular formula is C19H23ClN2OS2. The fourth-order valence-electron chi connectivity index (χ4n) is 2.29. The molecule has 6 heteroatoms. The maximum absolute atomic E-state index is 6.10. The molecule has 0 aromatic heterocycles. The van der Waals surface area contributed by atoms with E-state index in [1.165, 1.54) is 11.1 Å². The Morgan fingerprint density at radius 2 is 2.08 bits per heavy atom. The van der Waals surface area contributed by atoms with Crippen LogP contribution in [0.1, 0.15) is 17.5 Å². The Kier molecular flexibility index (Phi) is 8.38. The number of rotatable bonds is 8. The van der Waals surface area contributed by atoms with Crippen molar-refractivity contribution in [3.8, 4) is 5.75 Å². The summed E-state index contributed by atoms with van der Waals surface area (Å²) in [5, 5.41) is 7.51. The van der Waals surface area contributed by atoms with E-state index in [4.69, 9.17) is 28.6 Å². The monoisotopic (exact) mass is 394 g/mol. The van der Waals surface area contributed by atoms with Crippen molar-refractivity contribution in [1.29, 1.82) is 0 Å². The van der Waals surface area contributed by atoms with Crippen LogP contribution in [0.4, 0.5) is 5.69 Å². The van der Waals surface area contributed by atoms with Crippen molar-refractivity contribution in [2.24, 2.45) is 0 Å². The second-order valence-electron chi connectivity index (χ2n) is 5.63. The molecule has 0 heterocycles. The number of thiocarbonyl (C=S) groups is 1. The maximum Gasteiger partial charge on any atom is 0.170 e. The molecule has 0 fully saturated rings. The molecule has 2 N–H and O–H groups in total. The van der Waals surface area contributed by atoms with E-state index in [0.29, 0.717) is 15.9 Å². The van der Waals surface area contributed by atoms with Gasteiger partial charge in [-0.25, -0.2) is 0 Å². The van der Waals surface area contributed by atoms with Gasteiger partial charge in [-0.1, -0.05) is 41.4 Å². The molecule has 0 bridgehead atoms. The number of halogens is 1. The van der Waals surface area contributed by atoms with E-state index in [1.54, 1.807) is 13.2 Å². The van der Waals surface area contributed by atoms with Gasteiger partial charge in [-0.2, -0.15) is 11.8 Å². The van der Waals surface area contributed by atoms with Crippen LogP contribution in [-0.4, -0.2) is 24.5 Å². The number of methoxy groups -OCH3 is 1. The molecule has 0 aliphatic rings. The highest BCUT2D eigenvalue weighted by Gasteiger charge is 2.03. The molecule has 0 spiro atoms. The van der Waals surface area contributed by atoms with Crippen molar-refractivity contribution in [1.82, 2.24) is 5.32 Å². The summed E-state index contributed by atoms with van der Waals surface area (Å²) in [7, 11) is 1.59. The van der Waals surface area contributed by atoms with Crippen LogP contribution in [0, 0.1) is 6.92 Å². The molecule has 25 heavy (non-hydrogen) atoms. The summed E-state index contributed by atoms with van der Waals surface area (Å²) in [5.74, 6) is 2.80. The molecule has 0 aliphatic heterocycles. The van der Waals surface area contributed by atoms with E-state index in [0.717, 1.165) is 30.2 Å². The highest BCUT2D eigenvalue weighted by molar-refractivity contribution is 7.98. The zero-order valence-electron chi connectivity index (χ0n) is 14.5. The average Bonchev–Trinajstić information content (AvgIpc) is 2.58. The Bertz CT molecular complexity index is 710. The molecule has 3 nitrogen and oxygen atoms in total. The third kappa shape index (κ3) is 7.14. The summed E-state index contributed by atoms with van der Waals surface area (Å²) in [6.07, 6.45) is 1.06. The third-order valence-corrected chi connectivity index (χ3v) is 5.17. The topological polar surface area (TPSA) is 33.3 Å². The molecule has 0 atom stereocenters. The van der Waals surface area contributed by atoms with Gasteiger partial charge in [0.05, 0.1) is 12.1 Å². The van der Waals surface area contributed by atoms with Crippen molar-refractivity contribution >= 4 is 46.4 Å². The van der Waals surface area contributed by atoms with Crippen LogP contribution >= 0.6 is 35.6 Å². The summed E-state index contributed by atoms with van der Waals surface area (Å²) >= 11 is 13.4. The molecule has 0 amide bonds.